The zero-order valence-electron chi connectivity index (χ0n) is 12.3. The fourth-order valence-corrected chi connectivity index (χ4v) is 2.47. The predicted molar refractivity (Wildman–Crippen MR) is 79.6 cm³/mol. The van der Waals surface area contributed by atoms with Gasteiger partial charge in [0.05, 0.1) is 18.6 Å². The van der Waals surface area contributed by atoms with Crippen molar-refractivity contribution in [2.75, 3.05) is 33.2 Å². The molecule has 1 aromatic carbocycles. The van der Waals surface area contributed by atoms with Gasteiger partial charge in [0, 0.05) is 26.2 Å². The van der Waals surface area contributed by atoms with Crippen molar-refractivity contribution in [3.8, 4) is 0 Å². The topological polar surface area (TPSA) is 76.0 Å². The molecule has 6 nitrogen and oxygen atoms in total. The number of carbonyl (C=O) groups is 1. The summed E-state index contributed by atoms with van der Waals surface area (Å²) in [6.45, 7) is 3.48. The van der Waals surface area contributed by atoms with Crippen LogP contribution in [0.25, 0.3) is 0 Å². The van der Waals surface area contributed by atoms with Crippen molar-refractivity contribution in [2.45, 2.75) is 18.6 Å². The molecule has 1 heterocycles. The first kappa shape index (κ1) is 15.9. The molecule has 2 atom stereocenters. The minimum atomic E-state index is -0.920. The van der Waals surface area contributed by atoms with E-state index in [1.807, 2.05) is 35.3 Å². The van der Waals surface area contributed by atoms with Crippen LogP contribution in [0, 0.1) is 0 Å². The third kappa shape index (κ3) is 4.78. The molecule has 0 amide bonds. The Hall–Kier alpha value is -1.47. The number of piperazine rings is 1. The smallest absolute Gasteiger partial charge is 0.305 e. The molecule has 0 saturated carbocycles. The second-order valence-electron chi connectivity index (χ2n) is 5.48. The van der Waals surface area contributed by atoms with E-state index in [0.29, 0.717) is 0 Å². The van der Waals surface area contributed by atoms with E-state index < -0.39 is 18.1 Å². The zero-order valence-corrected chi connectivity index (χ0v) is 12.3. The van der Waals surface area contributed by atoms with Crippen LogP contribution < -0.4 is 5.43 Å². The van der Waals surface area contributed by atoms with Gasteiger partial charge in [0.25, 0.3) is 0 Å². The molecule has 21 heavy (non-hydrogen) atoms. The Morgan fingerprint density at radius 1 is 1.24 bits per heavy atom. The highest BCUT2D eigenvalue weighted by Crippen LogP contribution is 2.19. The van der Waals surface area contributed by atoms with E-state index >= 15 is 0 Å². The molecule has 0 radical (unpaired) electrons. The van der Waals surface area contributed by atoms with Crippen LogP contribution in [-0.4, -0.2) is 65.4 Å². The number of nitrogens with zero attached hydrogens (tertiary/aromatic N) is 2. The molecule has 1 fully saturated rings. The molecule has 0 aliphatic carbocycles. The molecule has 116 valence electrons. The molecule has 3 N–H and O–H groups in total. The number of nitrogens with one attached hydrogen (secondary N) is 1. The lowest BCUT2D eigenvalue weighted by Gasteiger charge is -2.36. The lowest BCUT2D eigenvalue weighted by molar-refractivity contribution is -0.139. The standard InChI is InChI=1S/C15H23N3O3/c1-17-7-9-18(10-8-17)16-13(11-14(19)20)15(21)12-5-3-2-4-6-12/h2-6,13,15-16,21H,7-11H2,1H3,(H,19,20). The number of hydrogen-bond donors (Lipinski definition) is 3. The number of aliphatic hydroxyl groups excluding tert-OH is 1. The summed E-state index contributed by atoms with van der Waals surface area (Å²) in [5.74, 6) is -0.920. The van der Waals surface area contributed by atoms with Crippen LogP contribution in [0.15, 0.2) is 30.3 Å². The van der Waals surface area contributed by atoms with Crippen molar-refractivity contribution in [3.63, 3.8) is 0 Å². The van der Waals surface area contributed by atoms with Crippen molar-refractivity contribution in [2.24, 2.45) is 0 Å². The number of hydrogen-bond acceptors (Lipinski definition) is 5. The number of benzene rings is 1. The maximum atomic E-state index is 11.1. The maximum absolute atomic E-state index is 11.1. The highest BCUT2D eigenvalue weighted by atomic mass is 16.4. The van der Waals surface area contributed by atoms with Crippen molar-refractivity contribution in [1.82, 2.24) is 15.3 Å². The number of carboxylic acid groups (broad SMARTS) is 1. The SMILES string of the molecule is CN1CCN(NC(CC(=O)O)C(O)c2ccccc2)CC1. The molecule has 1 saturated heterocycles. The Kier molecular flexibility index (Phi) is 5.69. The summed E-state index contributed by atoms with van der Waals surface area (Å²) in [6.07, 6.45) is -0.968. The summed E-state index contributed by atoms with van der Waals surface area (Å²) >= 11 is 0. The van der Waals surface area contributed by atoms with Crippen molar-refractivity contribution in [3.05, 3.63) is 35.9 Å². The van der Waals surface area contributed by atoms with Crippen LogP contribution in [0.1, 0.15) is 18.1 Å². The maximum Gasteiger partial charge on any atom is 0.305 e. The molecule has 0 bridgehead atoms. The fourth-order valence-electron chi connectivity index (χ4n) is 2.47. The van der Waals surface area contributed by atoms with Gasteiger partial charge in [-0.3, -0.25) is 4.79 Å². The summed E-state index contributed by atoms with van der Waals surface area (Å²) in [5, 5.41) is 21.5. The second kappa shape index (κ2) is 7.51. The highest BCUT2D eigenvalue weighted by Gasteiger charge is 2.26. The van der Waals surface area contributed by atoms with E-state index in [1.54, 1.807) is 0 Å². The predicted octanol–water partition coefficient (Wildman–Crippen LogP) is 0.315. The van der Waals surface area contributed by atoms with Crippen LogP contribution >= 0.6 is 0 Å². The van der Waals surface area contributed by atoms with E-state index in [1.165, 1.54) is 0 Å². The van der Waals surface area contributed by atoms with Crippen molar-refractivity contribution in [1.29, 1.82) is 0 Å². The second-order valence-corrected chi connectivity index (χ2v) is 5.48. The minimum absolute atomic E-state index is 0.123. The first-order valence-electron chi connectivity index (χ1n) is 7.20. The van der Waals surface area contributed by atoms with Crippen LogP contribution in [0.3, 0.4) is 0 Å². The molecular formula is C15H23N3O3. The zero-order chi connectivity index (χ0) is 15.2. The van der Waals surface area contributed by atoms with Crippen LogP contribution in [0.5, 0.6) is 0 Å². The number of rotatable bonds is 6. The molecular weight excluding hydrogens is 270 g/mol. The molecule has 2 unspecified atom stereocenters. The van der Waals surface area contributed by atoms with Gasteiger partial charge in [0.1, 0.15) is 0 Å². The van der Waals surface area contributed by atoms with Crippen LogP contribution in [-0.2, 0) is 4.79 Å². The third-order valence-electron chi connectivity index (χ3n) is 3.77. The number of carboxylic acids is 1. The Balaban J connectivity index is 2.02. The van der Waals surface area contributed by atoms with E-state index in [2.05, 4.69) is 17.4 Å². The van der Waals surface area contributed by atoms with Gasteiger partial charge >= 0.3 is 5.97 Å². The number of aliphatic carboxylic acids is 1. The largest absolute Gasteiger partial charge is 0.481 e. The lowest BCUT2D eigenvalue weighted by Crippen LogP contribution is -2.55. The lowest BCUT2D eigenvalue weighted by atomic mass is 10.0. The molecule has 0 aromatic heterocycles. The molecule has 1 aliphatic rings. The van der Waals surface area contributed by atoms with Gasteiger partial charge in [-0.1, -0.05) is 30.3 Å². The minimum Gasteiger partial charge on any atom is -0.481 e. The van der Waals surface area contributed by atoms with Crippen LogP contribution in [0.2, 0.25) is 0 Å². The first-order chi connectivity index (χ1) is 10.1. The monoisotopic (exact) mass is 293 g/mol. The normalized spacial score (nSPS) is 20.1. The third-order valence-corrected chi connectivity index (χ3v) is 3.77. The van der Waals surface area contributed by atoms with Gasteiger partial charge in [-0.25, -0.2) is 10.4 Å². The van der Waals surface area contributed by atoms with E-state index in [-0.39, 0.29) is 6.42 Å². The van der Waals surface area contributed by atoms with Gasteiger partial charge in [0.15, 0.2) is 0 Å². The van der Waals surface area contributed by atoms with Gasteiger partial charge in [0.2, 0.25) is 0 Å². The molecule has 6 heteroatoms. The Morgan fingerprint density at radius 3 is 2.43 bits per heavy atom. The number of aliphatic hydroxyl groups is 1. The summed E-state index contributed by atoms with van der Waals surface area (Å²) in [6, 6.07) is 8.64. The summed E-state index contributed by atoms with van der Waals surface area (Å²) < 4.78 is 0. The van der Waals surface area contributed by atoms with Crippen molar-refractivity contribution < 1.29 is 15.0 Å². The molecule has 2 rings (SSSR count). The molecule has 1 aromatic rings. The van der Waals surface area contributed by atoms with Crippen LogP contribution in [0.4, 0.5) is 0 Å². The van der Waals surface area contributed by atoms with Gasteiger partial charge in [-0.2, -0.15) is 0 Å². The van der Waals surface area contributed by atoms with E-state index in [4.69, 9.17) is 5.11 Å². The quantitative estimate of drug-likeness (QED) is 0.701. The fraction of sp³-hybridized carbons (Fsp3) is 0.533. The average molecular weight is 293 g/mol. The van der Waals surface area contributed by atoms with Gasteiger partial charge < -0.3 is 15.1 Å². The highest BCUT2D eigenvalue weighted by molar-refractivity contribution is 5.67. The van der Waals surface area contributed by atoms with E-state index in [9.17, 15) is 9.90 Å². The molecule has 1 aliphatic heterocycles. The summed E-state index contributed by atoms with van der Waals surface area (Å²) in [5.41, 5.74) is 3.91. The van der Waals surface area contributed by atoms with Crippen molar-refractivity contribution >= 4 is 5.97 Å². The van der Waals surface area contributed by atoms with E-state index in [0.717, 1.165) is 31.7 Å². The average Bonchev–Trinajstić information content (AvgIpc) is 2.48. The first-order valence-corrected chi connectivity index (χ1v) is 7.20. The summed E-state index contributed by atoms with van der Waals surface area (Å²) in [4.78, 5) is 13.3. The number of likely N-dealkylation sites (N-methyl/N-ethyl adjacent to an activating group) is 1. The number of hydrazine groups is 1. The Labute approximate surface area is 124 Å². The van der Waals surface area contributed by atoms with Gasteiger partial charge in [-0.05, 0) is 12.6 Å². The summed E-state index contributed by atoms with van der Waals surface area (Å²) in [7, 11) is 2.06. The molecule has 0 spiro atoms. The Bertz CT molecular complexity index is 447. The Morgan fingerprint density at radius 2 is 1.86 bits per heavy atom. The van der Waals surface area contributed by atoms with Gasteiger partial charge in [-0.15, -0.1) is 0 Å².